The summed E-state index contributed by atoms with van der Waals surface area (Å²) >= 11 is 0. The highest BCUT2D eigenvalue weighted by atomic mass is 16.3. The Kier molecular flexibility index (Phi) is 25.8. The van der Waals surface area contributed by atoms with Gasteiger partial charge in [-0.15, -0.1) is 0 Å². The Hall–Kier alpha value is -0.610. The fourth-order valence-corrected chi connectivity index (χ4v) is 3.83. The highest BCUT2D eigenvalue weighted by Crippen LogP contribution is 2.14. The molecule has 0 aliphatic rings. The van der Waals surface area contributed by atoms with Crippen molar-refractivity contribution in [2.24, 2.45) is 0 Å². The number of likely N-dealkylation sites (N-methyl/N-ethyl adjacent to an activating group) is 1. The molecule has 0 bridgehead atoms. The Morgan fingerprint density at radius 1 is 0.643 bits per heavy atom. The van der Waals surface area contributed by atoms with E-state index in [1.165, 1.54) is 116 Å². The molecule has 0 rings (SSSR count). The van der Waals surface area contributed by atoms with E-state index in [-0.39, 0.29) is 0 Å². The molecule has 0 aliphatic heterocycles. The van der Waals surface area contributed by atoms with Crippen molar-refractivity contribution in [1.82, 2.24) is 0 Å². The predicted molar refractivity (Wildman–Crippen MR) is 119 cm³/mol. The molecule has 170 valence electrons. The van der Waals surface area contributed by atoms with Crippen LogP contribution >= 0.6 is 0 Å². The minimum absolute atomic E-state index is 0.338. The van der Waals surface area contributed by atoms with E-state index in [9.17, 15) is 5.11 Å². The second kappa shape index (κ2) is 24.4. The van der Waals surface area contributed by atoms with Crippen molar-refractivity contribution >= 4 is 6.47 Å². The van der Waals surface area contributed by atoms with Crippen LogP contribution in [-0.4, -0.2) is 49.4 Å². The van der Waals surface area contributed by atoms with Crippen LogP contribution in [0.4, 0.5) is 0 Å². The van der Waals surface area contributed by atoms with Crippen molar-refractivity contribution in [2.75, 3.05) is 33.3 Å². The number of carboxylic acid groups (broad SMARTS) is 1. The van der Waals surface area contributed by atoms with Crippen LogP contribution in [0.2, 0.25) is 0 Å². The third-order valence-corrected chi connectivity index (χ3v) is 5.74. The quantitative estimate of drug-likeness (QED) is 0.176. The summed E-state index contributed by atoms with van der Waals surface area (Å²) in [7, 11) is 2.36. The first kappa shape index (κ1) is 29.6. The molecule has 0 unspecified atom stereocenters. The third-order valence-electron chi connectivity index (χ3n) is 5.74. The van der Waals surface area contributed by atoms with Gasteiger partial charge in [0.25, 0.3) is 0 Å². The van der Waals surface area contributed by atoms with Gasteiger partial charge in [-0.05, 0) is 25.7 Å². The number of hydrogen-bond acceptors (Lipinski definition) is 3. The average Bonchev–Trinajstić information content (AvgIpc) is 2.67. The molecule has 4 heteroatoms. The SMILES string of the molecule is CCCCCCCCCC[N+](C)(CCO)CCCCCCCCCC.O=C[O-]. The number of aliphatic hydroxyl groups excluding tert-OH is 1. The zero-order valence-corrected chi connectivity index (χ0v) is 19.4. The molecule has 0 spiro atoms. The van der Waals surface area contributed by atoms with Crippen LogP contribution in [0.5, 0.6) is 0 Å². The second-order valence-electron chi connectivity index (χ2n) is 8.56. The standard InChI is InChI=1S/C23H50NO.CH2O2/c1-4-6-8-10-12-14-16-18-20-24(3,22-23-25)21-19-17-15-13-11-9-7-5-2;2-1-3/h25H,4-23H2,1-3H3;1H,(H,2,3)/q+1;/p-1. The summed E-state index contributed by atoms with van der Waals surface area (Å²) in [5.41, 5.74) is 0. The second-order valence-corrected chi connectivity index (χ2v) is 8.56. The van der Waals surface area contributed by atoms with Crippen LogP contribution in [-0.2, 0) is 4.79 Å². The van der Waals surface area contributed by atoms with Gasteiger partial charge in [0.1, 0.15) is 6.54 Å². The minimum atomic E-state index is -0.500. The number of hydrogen-bond donors (Lipinski definition) is 1. The van der Waals surface area contributed by atoms with E-state index in [1.807, 2.05) is 0 Å². The molecule has 0 saturated carbocycles. The molecule has 0 aromatic rings. The molecule has 0 saturated heterocycles. The number of rotatable bonds is 20. The number of nitrogens with zero attached hydrogens (tertiary/aromatic N) is 1. The van der Waals surface area contributed by atoms with Crippen LogP contribution < -0.4 is 5.11 Å². The van der Waals surface area contributed by atoms with Crippen molar-refractivity contribution in [2.45, 2.75) is 117 Å². The predicted octanol–water partition coefficient (Wildman–Crippen LogP) is 5.07. The van der Waals surface area contributed by atoms with Crippen LogP contribution in [0.3, 0.4) is 0 Å². The molecular formula is C24H51NO3. The average molecular weight is 402 g/mol. The Bertz CT molecular complexity index is 278. The van der Waals surface area contributed by atoms with E-state index in [0.29, 0.717) is 6.61 Å². The largest absolute Gasteiger partial charge is 0.554 e. The van der Waals surface area contributed by atoms with E-state index in [2.05, 4.69) is 20.9 Å². The fourth-order valence-electron chi connectivity index (χ4n) is 3.83. The molecule has 0 amide bonds. The first-order valence-electron chi connectivity index (χ1n) is 12.1. The molecule has 1 N–H and O–H groups in total. The number of unbranched alkanes of at least 4 members (excludes halogenated alkanes) is 14. The Balaban J connectivity index is 0. The van der Waals surface area contributed by atoms with E-state index in [1.54, 1.807) is 0 Å². The summed E-state index contributed by atoms with van der Waals surface area (Å²) in [6, 6.07) is 0. The van der Waals surface area contributed by atoms with E-state index in [4.69, 9.17) is 9.90 Å². The number of carbonyl (C=O) groups is 1. The van der Waals surface area contributed by atoms with Gasteiger partial charge in [-0.2, -0.15) is 0 Å². The molecule has 0 aromatic carbocycles. The number of aliphatic hydroxyl groups is 1. The van der Waals surface area contributed by atoms with Gasteiger partial charge in [-0.1, -0.05) is 90.9 Å². The lowest BCUT2D eigenvalue weighted by Gasteiger charge is -2.34. The van der Waals surface area contributed by atoms with Gasteiger partial charge in [0.15, 0.2) is 0 Å². The van der Waals surface area contributed by atoms with Gasteiger partial charge in [0.2, 0.25) is 0 Å². The summed E-state index contributed by atoms with van der Waals surface area (Å²) < 4.78 is 1.09. The maximum Gasteiger partial charge on any atom is 0.102 e. The fraction of sp³-hybridized carbons (Fsp3) is 0.958. The van der Waals surface area contributed by atoms with Crippen LogP contribution in [0, 0.1) is 0 Å². The first-order valence-corrected chi connectivity index (χ1v) is 12.1. The molecule has 0 heterocycles. The molecular weight excluding hydrogens is 350 g/mol. The molecule has 28 heavy (non-hydrogen) atoms. The summed E-state index contributed by atoms with van der Waals surface area (Å²) in [5.74, 6) is 0. The Morgan fingerprint density at radius 2 is 0.929 bits per heavy atom. The molecule has 0 fully saturated rings. The maximum absolute atomic E-state index is 9.43. The summed E-state index contributed by atoms with van der Waals surface area (Å²) in [6.07, 6.45) is 22.3. The lowest BCUT2D eigenvalue weighted by molar-refractivity contribution is -0.910. The summed E-state index contributed by atoms with van der Waals surface area (Å²) in [4.78, 5) is 8.25. The van der Waals surface area contributed by atoms with Gasteiger partial charge in [-0.25, -0.2) is 0 Å². The monoisotopic (exact) mass is 401 g/mol. The molecule has 0 aliphatic carbocycles. The van der Waals surface area contributed by atoms with Crippen molar-refractivity contribution in [1.29, 1.82) is 0 Å². The van der Waals surface area contributed by atoms with Crippen molar-refractivity contribution in [3.8, 4) is 0 Å². The van der Waals surface area contributed by atoms with Crippen LogP contribution in [0.25, 0.3) is 0 Å². The summed E-state index contributed by atoms with van der Waals surface area (Å²) in [5, 5.41) is 17.7. The summed E-state index contributed by atoms with van der Waals surface area (Å²) in [6.45, 7) is 7.86. The van der Waals surface area contributed by atoms with Gasteiger partial charge < -0.3 is 19.5 Å². The molecule has 0 radical (unpaired) electrons. The lowest BCUT2D eigenvalue weighted by Crippen LogP contribution is -2.47. The highest BCUT2D eigenvalue weighted by molar-refractivity contribution is 5.29. The van der Waals surface area contributed by atoms with Crippen LogP contribution in [0.15, 0.2) is 0 Å². The van der Waals surface area contributed by atoms with E-state index >= 15 is 0 Å². The zero-order chi connectivity index (χ0) is 21.3. The van der Waals surface area contributed by atoms with Gasteiger partial charge >= 0.3 is 0 Å². The number of quaternary nitrogens is 1. The topological polar surface area (TPSA) is 60.4 Å². The van der Waals surface area contributed by atoms with Crippen molar-refractivity contribution in [3.05, 3.63) is 0 Å². The molecule has 0 aromatic heterocycles. The van der Waals surface area contributed by atoms with Crippen molar-refractivity contribution in [3.63, 3.8) is 0 Å². The van der Waals surface area contributed by atoms with E-state index < -0.39 is 6.47 Å². The molecule has 0 atom stereocenters. The normalized spacial score (nSPS) is 11.1. The van der Waals surface area contributed by atoms with Gasteiger partial charge in [0.05, 0.1) is 26.7 Å². The van der Waals surface area contributed by atoms with Gasteiger partial charge in [-0.3, -0.25) is 0 Å². The number of carbonyl (C=O) groups excluding carboxylic acids is 1. The first-order chi connectivity index (χ1) is 13.6. The zero-order valence-electron chi connectivity index (χ0n) is 19.4. The molecule has 4 nitrogen and oxygen atoms in total. The Labute approximate surface area is 176 Å². The Morgan fingerprint density at radius 3 is 1.21 bits per heavy atom. The maximum atomic E-state index is 9.43. The highest BCUT2D eigenvalue weighted by Gasteiger charge is 2.19. The smallest absolute Gasteiger partial charge is 0.102 e. The van der Waals surface area contributed by atoms with E-state index in [0.717, 1.165) is 11.0 Å². The van der Waals surface area contributed by atoms with Crippen LogP contribution in [0.1, 0.15) is 117 Å². The lowest BCUT2D eigenvalue weighted by atomic mass is 10.1. The van der Waals surface area contributed by atoms with Crippen molar-refractivity contribution < 1.29 is 19.5 Å². The minimum Gasteiger partial charge on any atom is -0.554 e. The van der Waals surface area contributed by atoms with Gasteiger partial charge in [0, 0.05) is 6.47 Å². The third kappa shape index (κ3) is 23.4.